The van der Waals surface area contributed by atoms with Crippen molar-refractivity contribution in [2.75, 3.05) is 52.4 Å². The number of ether oxygens (including phenoxy) is 1. The molecule has 3 heterocycles. The monoisotopic (exact) mass is 649 g/mol. The van der Waals surface area contributed by atoms with Crippen LogP contribution >= 0.6 is 59.6 Å². The van der Waals surface area contributed by atoms with Crippen LogP contribution in [0.3, 0.4) is 0 Å². The lowest BCUT2D eigenvalue weighted by Crippen LogP contribution is -2.51. The average molecular weight is 652 g/mol. The topological polar surface area (TPSA) is 36.0 Å². The standard InChI is InChI=1S/C30H38Cl3N3O2.2ClH/c31-24-6-5-23(27(33)20-24)19-28(35-13-3-4-14-35)30(37)36-15-9-22(10-16-36)26-8-7-25(32)21-29(26)38-18-17-34-11-1-2-12-34;;/h5-8,20-22,28H,1-4,9-19H2;2*1H/t28-;;/m1../s1. The van der Waals surface area contributed by atoms with Crippen molar-refractivity contribution in [3.8, 4) is 5.75 Å². The molecule has 3 fully saturated rings. The van der Waals surface area contributed by atoms with Crippen LogP contribution in [0.1, 0.15) is 55.6 Å². The highest BCUT2D eigenvalue weighted by molar-refractivity contribution is 6.35. The lowest BCUT2D eigenvalue weighted by atomic mass is 9.88. The summed E-state index contributed by atoms with van der Waals surface area (Å²) in [7, 11) is 0. The number of halogens is 5. The summed E-state index contributed by atoms with van der Waals surface area (Å²) in [5, 5.41) is 1.95. The number of carbonyl (C=O) groups is 1. The molecule has 3 saturated heterocycles. The first-order chi connectivity index (χ1) is 18.5. The summed E-state index contributed by atoms with van der Waals surface area (Å²) in [5.41, 5.74) is 2.19. The zero-order chi connectivity index (χ0) is 26.5. The van der Waals surface area contributed by atoms with E-state index in [1.54, 1.807) is 6.07 Å². The van der Waals surface area contributed by atoms with E-state index in [9.17, 15) is 4.79 Å². The van der Waals surface area contributed by atoms with Crippen LogP contribution in [-0.2, 0) is 11.2 Å². The Morgan fingerprint density at radius 2 is 1.48 bits per heavy atom. The summed E-state index contributed by atoms with van der Waals surface area (Å²) in [4.78, 5) is 20.7. The van der Waals surface area contributed by atoms with Crippen LogP contribution in [0.15, 0.2) is 36.4 Å². The molecule has 1 amide bonds. The van der Waals surface area contributed by atoms with Crippen LogP contribution in [0.25, 0.3) is 0 Å². The molecule has 0 aliphatic carbocycles. The molecule has 5 nitrogen and oxygen atoms in total. The van der Waals surface area contributed by atoms with Gasteiger partial charge in [-0.15, -0.1) is 24.8 Å². The van der Waals surface area contributed by atoms with E-state index in [1.165, 1.54) is 31.5 Å². The Morgan fingerprint density at radius 1 is 0.850 bits per heavy atom. The van der Waals surface area contributed by atoms with Gasteiger partial charge in [0.1, 0.15) is 12.4 Å². The molecular formula is C30H40Cl5N3O2. The third kappa shape index (κ3) is 8.56. The molecule has 1 atom stereocenters. The molecule has 222 valence electrons. The number of piperidine rings is 1. The van der Waals surface area contributed by atoms with Crippen LogP contribution in [0.4, 0.5) is 0 Å². The second-order valence-corrected chi connectivity index (χ2v) is 12.2. The molecule has 0 bridgehead atoms. The molecule has 5 rings (SSSR count). The first kappa shape index (κ1) is 33.6. The Balaban J connectivity index is 0.00000220. The molecule has 0 radical (unpaired) electrons. The van der Waals surface area contributed by atoms with Crippen LogP contribution in [0, 0.1) is 0 Å². The molecular weight excluding hydrogens is 612 g/mol. The van der Waals surface area contributed by atoms with E-state index >= 15 is 0 Å². The Bertz CT molecular complexity index is 1100. The molecule has 0 aromatic heterocycles. The fraction of sp³-hybridized carbons (Fsp3) is 0.567. The number of amides is 1. The molecule has 2 aromatic carbocycles. The third-order valence-electron chi connectivity index (χ3n) is 8.38. The number of rotatable bonds is 9. The highest BCUT2D eigenvalue weighted by Crippen LogP contribution is 2.36. The average Bonchev–Trinajstić information content (AvgIpc) is 3.63. The van der Waals surface area contributed by atoms with Crippen molar-refractivity contribution in [2.45, 2.75) is 56.9 Å². The molecule has 0 spiro atoms. The van der Waals surface area contributed by atoms with Gasteiger partial charge in [-0.05, 0) is 112 Å². The minimum atomic E-state index is -0.187. The van der Waals surface area contributed by atoms with Gasteiger partial charge in [-0.2, -0.15) is 0 Å². The van der Waals surface area contributed by atoms with E-state index in [-0.39, 0.29) is 36.8 Å². The minimum Gasteiger partial charge on any atom is -0.492 e. The number of carbonyl (C=O) groups excluding carboxylic acids is 1. The largest absolute Gasteiger partial charge is 0.492 e. The van der Waals surface area contributed by atoms with Crippen LogP contribution in [0.2, 0.25) is 15.1 Å². The van der Waals surface area contributed by atoms with E-state index in [1.807, 2.05) is 24.3 Å². The number of hydrogen-bond donors (Lipinski definition) is 0. The lowest BCUT2D eigenvalue weighted by Gasteiger charge is -2.37. The number of likely N-dealkylation sites (tertiary alicyclic amines) is 3. The molecule has 0 saturated carbocycles. The Hall–Kier alpha value is -0.920. The predicted molar refractivity (Wildman–Crippen MR) is 170 cm³/mol. The van der Waals surface area contributed by atoms with Crippen molar-refractivity contribution in [3.05, 3.63) is 62.6 Å². The number of nitrogens with zero attached hydrogens (tertiary/aromatic N) is 3. The van der Waals surface area contributed by atoms with Crippen molar-refractivity contribution in [1.82, 2.24) is 14.7 Å². The fourth-order valence-electron chi connectivity index (χ4n) is 6.20. The normalized spacial score (nSPS) is 19.2. The lowest BCUT2D eigenvalue weighted by molar-refractivity contribution is -0.137. The summed E-state index contributed by atoms with van der Waals surface area (Å²) in [6.07, 6.45) is 7.29. The maximum absolute atomic E-state index is 13.9. The summed E-state index contributed by atoms with van der Waals surface area (Å²) in [6, 6.07) is 11.4. The molecule has 0 N–H and O–H groups in total. The molecule has 2 aromatic rings. The van der Waals surface area contributed by atoms with Gasteiger partial charge in [-0.3, -0.25) is 14.6 Å². The van der Waals surface area contributed by atoms with Crippen molar-refractivity contribution in [2.24, 2.45) is 0 Å². The van der Waals surface area contributed by atoms with Gasteiger partial charge in [0.2, 0.25) is 5.91 Å². The highest BCUT2D eigenvalue weighted by atomic mass is 35.5. The summed E-state index contributed by atoms with van der Waals surface area (Å²) in [5.74, 6) is 1.47. The predicted octanol–water partition coefficient (Wildman–Crippen LogP) is 7.38. The van der Waals surface area contributed by atoms with Crippen molar-refractivity contribution >= 4 is 65.5 Å². The van der Waals surface area contributed by atoms with Gasteiger partial charge in [-0.25, -0.2) is 0 Å². The number of benzene rings is 2. The second kappa shape index (κ2) is 16.1. The minimum absolute atomic E-state index is 0. The van der Waals surface area contributed by atoms with Crippen LogP contribution in [0.5, 0.6) is 5.75 Å². The molecule has 3 aliphatic heterocycles. The Labute approximate surface area is 266 Å². The zero-order valence-corrected chi connectivity index (χ0v) is 26.7. The molecule has 40 heavy (non-hydrogen) atoms. The Kier molecular flexibility index (Phi) is 13.5. The highest BCUT2D eigenvalue weighted by Gasteiger charge is 2.34. The van der Waals surface area contributed by atoms with Gasteiger partial charge >= 0.3 is 0 Å². The van der Waals surface area contributed by atoms with Gasteiger partial charge in [0.05, 0.1) is 6.04 Å². The van der Waals surface area contributed by atoms with Crippen LogP contribution in [-0.4, -0.2) is 79.1 Å². The van der Waals surface area contributed by atoms with E-state index in [4.69, 9.17) is 39.5 Å². The smallest absolute Gasteiger partial charge is 0.240 e. The van der Waals surface area contributed by atoms with Crippen molar-refractivity contribution in [1.29, 1.82) is 0 Å². The van der Waals surface area contributed by atoms with Gasteiger partial charge in [0.15, 0.2) is 0 Å². The first-order valence-electron chi connectivity index (χ1n) is 14.1. The molecule has 10 heteroatoms. The number of hydrogen-bond acceptors (Lipinski definition) is 4. The van der Waals surface area contributed by atoms with E-state index in [0.29, 0.717) is 34.0 Å². The fourth-order valence-corrected chi connectivity index (χ4v) is 6.85. The summed E-state index contributed by atoms with van der Waals surface area (Å²) >= 11 is 19.0. The van der Waals surface area contributed by atoms with Gasteiger partial charge in [0.25, 0.3) is 0 Å². The molecule has 0 unspecified atom stereocenters. The van der Waals surface area contributed by atoms with Crippen molar-refractivity contribution < 1.29 is 9.53 Å². The van der Waals surface area contributed by atoms with Crippen molar-refractivity contribution in [3.63, 3.8) is 0 Å². The summed E-state index contributed by atoms with van der Waals surface area (Å²) in [6.45, 7) is 7.38. The molecule has 3 aliphatic rings. The second-order valence-electron chi connectivity index (χ2n) is 10.9. The quantitative estimate of drug-likeness (QED) is 0.284. The van der Waals surface area contributed by atoms with Gasteiger partial charge in [-0.1, -0.05) is 46.9 Å². The maximum atomic E-state index is 13.9. The summed E-state index contributed by atoms with van der Waals surface area (Å²) < 4.78 is 6.26. The Morgan fingerprint density at radius 3 is 2.15 bits per heavy atom. The van der Waals surface area contributed by atoms with E-state index < -0.39 is 0 Å². The first-order valence-corrected chi connectivity index (χ1v) is 15.2. The zero-order valence-electron chi connectivity index (χ0n) is 22.8. The SMILES string of the molecule is Cl.Cl.O=C([C@@H](Cc1ccc(Cl)cc1Cl)N1CCCC1)N1CCC(c2ccc(Cl)cc2OCCN2CCCC2)CC1. The third-order valence-corrected chi connectivity index (χ3v) is 9.20. The van der Waals surface area contributed by atoms with E-state index in [2.05, 4.69) is 20.8 Å². The van der Waals surface area contributed by atoms with Gasteiger partial charge in [0, 0.05) is 34.7 Å². The maximum Gasteiger partial charge on any atom is 0.240 e. The van der Waals surface area contributed by atoms with E-state index in [0.717, 1.165) is 69.7 Å². The van der Waals surface area contributed by atoms with Gasteiger partial charge < -0.3 is 9.64 Å². The van der Waals surface area contributed by atoms with Crippen LogP contribution < -0.4 is 4.74 Å².